The van der Waals surface area contributed by atoms with Crippen LogP contribution < -0.4 is 5.43 Å². The monoisotopic (exact) mass is 171 g/mol. The minimum absolute atomic E-state index is 0.990. The summed E-state index contributed by atoms with van der Waals surface area (Å²) in [6.07, 6.45) is 4.90. The van der Waals surface area contributed by atoms with Crippen LogP contribution in [0, 0.1) is 0 Å². The average molecular weight is 171 g/mol. The summed E-state index contributed by atoms with van der Waals surface area (Å²) in [6.45, 7) is 9.87. The molecule has 0 unspecified atom stereocenters. The van der Waals surface area contributed by atoms with E-state index in [-0.39, 0.29) is 0 Å². The maximum Gasteiger partial charge on any atom is 0.0304 e. The van der Waals surface area contributed by atoms with Gasteiger partial charge in [0.25, 0.3) is 0 Å². The zero-order valence-corrected chi connectivity index (χ0v) is 8.84. The van der Waals surface area contributed by atoms with E-state index in [1.165, 1.54) is 19.3 Å². The molecule has 0 aromatic rings. The average Bonchev–Trinajstić information content (AvgIpc) is 2.10. The van der Waals surface area contributed by atoms with E-state index in [1.807, 2.05) is 0 Å². The van der Waals surface area contributed by atoms with Gasteiger partial charge in [0.05, 0.1) is 0 Å². The van der Waals surface area contributed by atoms with E-state index in [0.29, 0.717) is 0 Å². The number of unbranched alkanes of at least 4 members (excludes halogenated alkanes) is 1. The van der Waals surface area contributed by atoms with Crippen molar-refractivity contribution in [1.82, 2.24) is 10.4 Å². The van der Waals surface area contributed by atoms with Gasteiger partial charge in [-0.25, -0.2) is 5.01 Å². The maximum atomic E-state index is 4.50. The van der Waals surface area contributed by atoms with Gasteiger partial charge in [0, 0.05) is 19.6 Å². The van der Waals surface area contributed by atoms with Crippen LogP contribution in [0.3, 0.4) is 0 Å². The summed E-state index contributed by atoms with van der Waals surface area (Å²) in [5.41, 5.74) is 4.50. The third kappa shape index (κ3) is 6.62. The standard InChI is InChI=1S/C10H23N2/c1-4-7-10-12(9-6-3)11-8-5-2/h4-10H2,1-3H3. The largest absolute Gasteiger partial charge is 0.227 e. The molecule has 0 saturated carbocycles. The highest BCUT2D eigenvalue weighted by atomic mass is 15.5. The minimum Gasteiger partial charge on any atom is -0.227 e. The second-order valence-corrected chi connectivity index (χ2v) is 3.17. The molecule has 0 heterocycles. The molecule has 0 amide bonds. The number of hydrogen-bond donors (Lipinski definition) is 0. The van der Waals surface area contributed by atoms with Gasteiger partial charge in [-0.15, -0.1) is 0 Å². The molecule has 0 aliphatic rings. The lowest BCUT2D eigenvalue weighted by atomic mass is 10.3. The molecular weight excluding hydrogens is 148 g/mol. The molecule has 2 nitrogen and oxygen atoms in total. The molecule has 0 aromatic heterocycles. The topological polar surface area (TPSA) is 17.3 Å². The Kier molecular flexibility index (Phi) is 8.95. The normalized spacial score (nSPS) is 11.0. The van der Waals surface area contributed by atoms with Crippen molar-refractivity contribution in [2.45, 2.75) is 46.5 Å². The Morgan fingerprint density at radius 1 is 0.917 bits per heavy atom. The second kappa shape index (κ2) is 9.01. The molecule has 0 fully saturated rings. The van der Waals surface area contributed by atoms with Gasteiger partial charge in [0.2, 0.25) is 0 Å². The quantitative estimate of drug-likeness (QED) is 0.513. The molecule has 0 N–H and O–H groups in total. The van der Waals surface area contributed by atoms with Gasteiger partial charge < -0.3 is 0 Å². The Labute approximate surface area is 77.3 Å². The van der Waals surface area contributed by atoms with Crippen LogP contribution in [-0.4, -0.2) is 24.6 Å². The molecule has 12 heavy (non-hydrogen) atoms. The van der Waals surface area contributed by atoms with Crippen LogP contribution in [0.25, 0.3) is 0 Å². The van der Waals surface area contributed by atoms with Crippen molar-refractivity contribution in [3.63, 3.8) is 0 Å². The third-order valence-corrected chi connectivity index (χ3v) is 1.78. The lowest BCUT2D eigenvalue weighted by Crippen LogP contribution is -2.34. The molecule has 2 heteroatoms. The van der Waals surface area contributed by atoms with Crippen LogP contribution in [-0.2, 0) is 0 Å². The summed E-state index contributed by atoms with van der Waals surface area (Å²) in [6, 6.07) is 0. The highest BCUT2D eigenvalue weighted by Crippen LogP contribution is 1.94. The number of rotatable bonds is 8. The van der Waals surface area contributed by atoms with Crippen molar-refractivity contribution < 1.29 is 0 Å². The van der Waals surface area contributed by atoms with Gasteiger partial charge in [-0.05, 0) is 19.3 Å². The van der Waals surface area contributed by atoms with Crippen molar-refractivity contribution in [3.8, 4) is 0 Å². The lowest BCUT2D eigenvalue weighted by Gasteiger charge is -2.19. The first kappa shape index (κ1) is 11.9. The van der Waals surface area contributed by atoms with E-state index in [2.05, 4.69) is 31.2 Å². The van der Waals surface area contributed by atoms with E-state index in [0.717, 1.165) is 26.1 Å². The van der Waals surface area contributed by atoms with Gasteiger partial charge in [-0.3, -0.25) is 0 Å². The van der Waals surface area contributed by atoms with Crippen molar-refractivity contribution in [1.29, 1.82) is 0 Å². The summed E-state index contributed by atoms with van der Waals surface area (Å²) >= 11 is 0. The van der Waals surface area contributed by atoms with Crippen molar-refractivity contribution in [2.75, 3.05) is 19.6 Å². The second-order valence-electron chi connectivity index (χ2n) is 3.17. The number of hydrogen-bond acceptors (Lipinski definition) is 1. The van der Waals surface area contributed by atoms with E-state index in [4.69, 9.17) is 0 Å². The fraction of sp³-hybridized carbons (Fsp3) is 1.00. The molecule has 0 aliphatic heterocycles. The van der Waals surface area contributed by atoms with E-state index < -0.39 is 0 Å². The highest BCUT2D eigenvalue weighted by Gasteiger charge is 2.01. The van der Waals surface area contributed by atoms with Gasteiger partial charge in [-0.1, -0.05) is 27.2 Å². The maximum absolute atomic E-state index is 4.50. The first-order chi connectivity index (χ1) is 5.85. The van der Waals surface area contributed by atoms with Gasteiger partial charge in [0.1, 0.15) is 0 Å². The minimum atomic E-state index is 0.990. The van der Waals surface area contributed by atoms with E-state index in [1.54, 1.807) is 0 Å². The van der Waals surface area contributed by atoms with Crippen LogP contribution in [0.15, 0.2) is 0 Å². The summed E-state index contributed by atoms with van der Waals surface area (Å²) in [7, 11) is 0. The molecule has 0 atom stereocenters. The number of nitrogens with zero attached hydrogens (tertiary/aromatic N) is 2. The smallest absolute Gasteiger partial charge is 0.0304 e. The lowest BCUT2D eigenvalue weighted by molar-refractivity contribution is 0.177. The fourth-order valence-electron chi connectivity index (χ4n) is 1.09. The molecule has 0 spiro atoms. The molecule has 0 rings (SSSR count). The van der Waals surface area contributed by atoms with Gasteiger partial charge >= 0.3 is 0 Å². The molecule has 0 bridgehead atoms. The van der Waals surface area contributed by atoms with Crippen LogP contribution in [0.5, 0.6) is 0 Å². The zero-order valence-electron chi connectivity index (χ0n) is 8.84. The van der Waals surface area contributed by atoms with Crippen molar-refractivity contribution in [3.05, 3.63) is 0 Å². The fourth-order valence-corrected chi connectivity index (χ4v) is 1.09. The molecule has 0 aliphatic carbocycles. The predicted molar refractivity (Wildman–Crippen MR) is 54.1 cm³/mol. The molecule has 0 saturated heterocycles. The molecule has 0 aromatic carbocycles. The van der Waals surface area contributed by atoms with Crippen molar-refractivity contribution in [2.24, 2.45) is 0 Å². The summed E-state index contributed by atoms with van der Waals surface area (Å²) in [5, 5.41) is 2.23. The van der Waals surface area contributed by atoms with Crippen LogP contribution in [0.4, 0.5) is 0 Å². The Hall–Kier alpha value is -0.0800. The van der Waals surface area contributed by atoms with E-state index >= 15 is 0 Å². The van der Waals surface area contributed by atoms with Crippen LogP contribution in [0.2, 0.25) is 0 Å². The summed E-state index contributed by atoms with van der Waals surface area (Å²) in [4.78, 5) is 0. The molecular formula is C10H23N2. The van der Waals surface area contributed by atoms with Gasteiger partial charge in [0.15, 0.2) is 0 Å². The highest BCUT2D eigenvalue weighted by molar-refractivity contribution is 4.50. The van der Waals surface area contributed by atoms with Crippen LogP contribution in [0.1, 0.15) is 46.5 Å². The molecule has 73 valence electrons. The first-order valence-corrected chi connectivity index (χ1v) is 5.27. The zero-order chi connectivity index (χ0) is 9.23. The summed E-state index contributed by atoms with van der Waals surface area (Å²) in [5.74, 6) is 0. The SMILES string of the molecule is CCCCN(CCC)[N]CCC. The predicted octanol–water partition coefficient (Wildman–Crippen LogP) is 2.43. The van der Waals surface area contributed by atoms with E-state index in [9.17, 15) is 0 Å². The van der Waals surface area contributed by atoms with Crippen molar-refractivity contribution >= 4 is 0 Å². The Morgan fingerprint density at radius 2 is 1.67 bits per heavy atom. The van der Waals surface area contributed by atoms with Crippen LogP contribution >= 0.6 is 0 Å². The Bertz CT molecular complexity index is 75.9. The Morgan fingerprint density at radius 3 is 2.17 bits per heavy atom. The first-order valence-electron chi connectivity index (χ1n) is 5.27. The molecule has 1 radical (unpaired) electrons. The van der Waals surface area contributed by atoms with Gasteiger partial charge in [-0.2, -0.15) is 5.43 Å². The summed E-state index contributed by atoms with van der Waals surface area (Å²) < 4.78 is 0. The third-order valence-electron chi connectivity index (χ3n) is 1.78. The Balaban J connectivity index is 3.40.